The summed E-state index contributed by atoms with van der Waals surface area (Å²) in [6, 6.07) is 9.51. The van der Waals surface area contributed by atoms with Crippen LogP contribution in [-0.2, 0) is 0 Å². The van der Waals surface area contributed by atoms with E-state index in [0.717, 1.165) is 5.69 Å². The lowest BCUT2D eigenvalue weighted by Crippen LogP contribution is -2.27. The predicted molar refractivity (Wildman–Crippen MR) is 73.1 cm³/mol. The Balaban J connectivity index is 2.71. The standard InChI is InChI=1S/C12H19N5/c1-12(2,3)17-11(14)16-10(13)15-9-7-5-4-6-8-9/h4-8H,1-3H3,(H5,13,14,15,16,17). The molecule has 0 heterocycles. The van der Waals surface area contributed by atoms with Crippen LogP contribution in [0.1, 0.15) is 20.8 Å². The second-order valence-corrected chi connectivity index (χ2v) is 4.63. The van der Waals surface area contributed by atoms with Gasteiger partial charge in [-0.1, -0.05) is 18.2 Å². The van der Waals surface area contributed by atoms with Crippen molar-refractivity contribution in [2.45, 2.75) is 26.3 Å². The van der Waals surface area contributed by atoms with Crippen LogP contribution in [-0.4, -0.2) is 17.5 Å². The molecule has 0 aliphatic carbocycles. The van der Waals surface area contributed by atoms with Crippen LogP contribution >= 0.6 is 0 Å². The highest BCUT2D eigenvalue weighted by Crippen LogP contribution is 2.06. The Kier molecular flexibility index (Phi) is 4.09. The molecule has 0 aliphatic rings. The molecule has 1 aromatic carbocycles. The number of benzene rings is 1. The third-order valence-electron chi connectivity index (χ3n) is 1.73. The number of nitrogens with zero attached hydrogens (tertiary/aromatic N) is 2. The highest BCUT2D eigenvalue weighted by atomic mass is 15.2. The summed E-state index contributed by atoms with van der Waals surface area (Å²) in [5.74, 6) is 0.389. The normalized spacial score (nSPS) is 13.6. The maximum atomic E-state index is 5.70. The first-order valence-corrected chi connectivity index (χ1v) is 5.38. The van der Waals surface area contributed by atoms with Crippen molar-refractivity contribution in [2.24, 2.45) is 21.5 Å². The van der Waals surface area contributed by atoms with Crippen LogP contribution in [0.25, 0.3) is 0 Å². The molecule has 0 radical (unpaired) electrons. The van der Waals surface area contributed by atoms with Crippen molar-refractivity contribution in [1.29, 1.82) is 0 Å². The molecule has 0 atom stereocenters. The lowest BCUT2D eigenvalue weighted by Gasteiger charge is -2.12. The highest BCUT2D eigenvalue weighted by molar-refractivity contribution is 6.00. The number of hydrogen-bond acceptors (Lipinski definition) is 1. The van der Waals surface area contributed by atoms with Crippen LogP contribution in [0.4, 0.5) is 5.69 Å². The monoisotopic (exact) mass is 233 g/mol. The third kappa shape index (κ3) is 5.55. The number of nitrogens with two attached hydrogens (primary N) is 2. The molecular weight excluding hydrogens is 214 g/mol. The summed E-state index contributed by atoms with van der Waals surface area (Å²) in [5, 5.41) is 2.93. The van der Waals surface area contributed by atoms with Crippen LogP contribution in [0.2, 0.25) is 0 Å². The van der Waals surface area contributed by atoms with Gasteiger partial charge in [0.05, 0.1) is 5.54 Å². The van der Waals surface area contributed by atoms with E-state index in [1.165, 1.54) is 0 Å². The van der Waals surface area contributed by atoms with Gasteiger partial charge < -0.3 is 16.8 Å². The van der Waals surface area contributed by atoms with Crippen LogP contribution in [0, 0.1) is 0 Å². The molecule has 0 bridgehead atoms. The second kappa shape index (κ2) is 5.34. The van der Waals surface area contributed by atoms with Crippen LogP contribution in [0.15, 0.2) is 40.3 Å². The van der Waals surface area contributed by atoms with Crippen molar-refractivity contribution in [1.82, 2.24) is 0 Å². The average Bonchev–Trinajstić information content (AvgIpc) is 2.15. The van der Waals surface area contributed by atoms with Gasteiger partial charge in [-0.05, 0) is 32.9 Å². The number of guanidine groups is 2. The lowest BCUT2D eigenvalue weighted by molar-refractivity contribution is 0.582. The maximum Gasteiger partial charge on any atom is 0.219 e. The van der Waals surface area contributed by atoms with Gasteiger partial charge in [0.15, 0.2) is 0 Å². The van der Waals surface area contributed by atoms with Crippen molar-refractivity contribution in [3.8, 4) is 0 Å². The first-order chi connectivity index (χ1) is 7.87. The minimum absolute atomic E-state index is 0.165. The molecule has 0 amide bonds. The van der Waals surface area contributed by atoms with Crippen molar-refractivity contribution >= 4 is 17.6 Å². The largest absolute Gasteiger partial charge is 0.369 e. The van der Waals surface area contributed by atoms with Gasteiger partial charge in [-0.15, -0.1) is 0 Å². The molecule has 1 aromatic rings. The van der Waals surface area contributed by atoms with Gasteiger partial charge in [0.1, 0.15) is 0 Å². The van der Waals surface area contributed by atoms with Gasteiger partial charge in [0.25, 0.3) is 0 Å². The second-order valence-electron chi connectivity index (χ2n) is 4.63. The number of anilines is 1. The Morgan fingerprint density at radius 1 is 1.12 bits per heavy atom. The molecule has 0 spiro atoms. The van der Waals surface area contributed by atoms with Gasteiger partial charge >= 0.3 is 0 Å². The van der Waals surface area contributed by atoms with E-state index in [4.69, 9.17) is 11.5 Å². The van der Waals surface area contributed by atoms with Gasteiger partial charge in [-0.2, -0.15) is 4.99 Å². The molecule has 92 valence electrons. The highest BCUT2D eigenvalue weighted by Gasteiger charge is 2.07. The van der Waals surface area contributed by atoms with E-state index < -0.39 is 0 Å². The zero-order valence-electron chi connectivity index (χ0n) is 10.4. The predicted octanol–water partition coefficient (Wildman–Crippen LogP) is 1.53. The van der Waals surface area contributed by atoms with E-state index in [2.05, 4.69) is 15.3 Å². The Bertz CT molecular complexity index is 414. The summed E-state index contributed by atoms with van der Waals surface area (Å²) >= 11 is 0. The fourth-order valence-electron chi connectivity index (χ4n) is 1.19. The van der Waals surface area contributed by atoms with E-state index >= 15 is 0 Å². The zero-order valence-corrected chi connectivity index (χ0v) is 10.4. The van der Waals surface area contributed by atoms with E-state index in [-0.39, 0.29) is 17.5 Å². The van der Waals surface area contributed by atoms with E-state index in [1.807, 2.05) is 51.1 Å². The molecule has 0 saturated carbocycles. The van der Waals surface area contributed by atoms with Gasteiger partial charge in [-0.25, -0.2) is 4.99 Å². The van der Waals surface area contributed by atoms with Crippen LogP contribution in [0.3, 0.4) is 0 Å². The summed E-state index contributed by atoms with van der Waals surface area (Å²) in [6.45, 7) is 5.82. The zero-order chi connectivity index (χ0) is 12.9. The van der Waals surface area contributed by atoms with E-state index in [9.17, 15) is 0 Å². The Morgan fingerprint density at radius 3 is 2.24 bits per heavy atom. The van der Waals surface area contributed by atoms with Crippen molar-refractivity contribution in [3.05, 3.63) is 30.3 Å². The summed E-state index contributed by atoms with van der Waals surface area (Å²) in [6.07, 6.45) is 0. The van der Waals surface area contributed by atoms with Crippen LogP contribution < -0.4 is 16.8 Å². The molecular formula is C12H19N5. The van der Waals surface area contributed by atoms with Crippen molar-refractivity contribution < 1.29 is 0 Å². The Morgan fingerprint density at radius 2 is 1.71 bits per heavy atom. The molecule has 0 aromatic heterocycles. The Labute approximate surface area is 102 Å². The molecule has 0 aliphatic heterocycles. The molecule has 17 heavy (non-hydrogen) atoms. The van der Waals surface area contributed by atoms with Crippen molar-refractivity contribution in [2.75, 3.05) is 5.32 Å². The van der Waals surface area contributed by atoms with Gasteiger partial charge in [0.2, 0.25) is 11.9 Å². The fraction of sp³-hybridized carbons (Fsp3) is 0.333. The van der Waals surface area contributed by atoms with Crippen molar-refractivity contribution in [3.63, 3.8) is 0 Å². The molecule has 0 unspecified atom stereocenters. The summed E-state index contributed by atoms with van der Waals surface area (Å²) in [7, 11) is 0. The van der Waals surface area contributed by atoms with Gasteiger partial charge in [0, 0.05) is 5.69 Å². The summed E-state index contributed by atoms with van der Waals surface area (Å²) in [5.41, 5.74) is 12.0. The number of rotatable bonds is 1. The molecule has 5 heteroatoms. The minimum atomic E-state index is -0.263. The molecule has 5 N–H and O–H groups in total. The van der Waals surface area contributed by atoms with E-state index in [1.54, 1.807) is 0 Å². The maximum absolute atomic E-state index is 5.70. The summed E-state index contributed by atoms with van der Waals surface area (Å²) in [4.78, 5) is 8.15. The number of aliphatic imine (C=N–C) groups is 2. The number of nitrogens with one attached hydrogen (secondary N) is 1. The fourth-order valence-corrected chi connectivity index (χ4v) is 1.19. The molecule has 5 nitrogen and oxygen atoms in total. The third-order valence-corrected chi connectivity index (χ3v) is 1.73. The topological polar surface area (TPSA) is 88.8 Å². The van der Waals surface area contributed by atoms with Gasteiger partial charge in [-0.3, -0.25) is 0 Å². The molecule has 0 saturated heterocycles. The van der Waals surface area contributed by atoms with E-state index in [0.29, 0.717) is 0 Å². The average molecular weight is 233 g/mol. The van der Waals surface area contributed by atoms with Crippen LogP contribution in [0.5, 0.6) is 0 Å². The molecule has 1 rings (SSSR count). The number of para-hydroxylation sites is 1. The lowest BCUT2D eigenvalue weighted by atomic mass is 10.1. The SMILES string of the molecule is CC(C)(C)N=C(N)/N=C(\N)Nc1ccccc1. The quantitative estimate of drug-likeness (QED) is 0.507. The number of hydrogen-bond donors (Lipinski definition) is 3. The first-order valence-electron chi connectivity index (χ1n) is 5.38. The smallest absolute Gasteiger partial charge is 0.219 e. The summed E-state index contributed by atoms with van der Waals surface area (Å²) < 4.78 is 0. The first kappa shape index (κ1) is 13.0. The minimum Gasteiger partial charge on any atom is -0.369 e. The molecule has 0 fully saturated rings. The Hall–Kier alpha value is -2.04.